The molecule has 102 valence electrons. The molecule has 6 nitrogen and oxygen atoms in total. The molecule has 0 amide bonds. The van der Waals surface area contributed by atoms with Crippen LogP contribution in [0.25, 0.3) is 10.6 Å². The second-order valence-electron chi connectivity index (χ2n) is 4.25. The summed E-state index contributed by atoms with van der Waals surface area (Å²) in [5.74, 6) is 0. The van der Waals surface area contributed by atoms with Gasteiger partial charge in [-0.25, -0.2) is 13.6 Å². The van der Waals surface area contributed by atoms with Crippen molar-refractivity contribution in [2.45, 2.75) is 24.8 Å². The van der Waals surface area contributed by atoms with E-state index in [9.17, 15) is 8.42 Å². The Bertz CT molecular complexity index is 680. The number of nitrogens with two attached hydrogens (primary N) is 1. The van der Waals surface area contributed by atoms with E-state index >= 15 is 0 Å². The lowest BCUT2D eigenvalue weighted by Gasteiger charge is -2.04. The molecule has 0 saturated heterocycles. The van der Waals surface area contributed by atoms with E-state index in [0.717, 1.165) is 0 Å². The standard InChI is InChI=1S/C11H14N4O2S2/c1-7(2)13-11-15-14-10(18-11)8-5-3-4-6-9(8)19(12,16)17/h3-7H,1-2H3,(H,13,15)(H2,12,16,17). The van der Waals surface area contributed by atoms with E-state index in [2.05, 4.69) is 15.5 Å². The fourth-order valence-electron chi connectivity index (χ4n) is 1.53. The summed E-state index contributed by atoms with van der Waals surface area (Å²) in [6, 6.07) is 6.72. The van der Waals surface area contributed by atoms with Gasteiger partial charge in [0.05, 0.1) is 4.90 Å². The van der Waals surface area contributed by atoms with Crippen molar-refractivity contribution < 1.29 is 8.42 Å². The normalized spacial score (nSPS) is 11.8. The Hall–Kier alpha value is -1.51. The molecule has 1 heterocycles. The largest absolute Gasteiger partial charge is 0.358 e. The highest BCUT2D eigenvalue weighted by molar-refractivity contribution is 7.89. The first kappa shape index (κ1) is 13.9. The lowest BCUT2D eigenvalue weighted by atomic mass is 10.2. The van der Waals surface area contributed by atoms with Gasteiger partial charge in [-0.2, -0.15) is 0 Å². The van der Waals surface area contributed by atoms with E-state index in [1.54, 1.807) is 18.2 Å². The third-order valence-corrected chi connectivity index (χ3v) is 4.12. The Morgan fingerprint density at radius 2 is 1.95 bits per heavy atom. The van der Waals surface area contributed by atoms with Gasteiger partial charge in [0.2, 0.25) is 15.2 Å². The smallest absolute Gasteiger partial charge is 0.238 e. The summed E-state index contributed by atoms with van der Waals surface area (Å²) in [4.78, 5) is 0.0576. The number of hydrogen-bond acceptors (Lipinski definition) is 6. The average Bonchev–Trinajstić information content (AvgIpc) is 2.75. The van der Waals surface area contributed by atoms with Crippen LogP contribution >= 0.6 is 11.3 Å². The minimum absolute atomic E-state index is 0.0576. The van der Waals surface area contributed by atoms with Gasteiger partial charge in [-0.1, -0.05) is 29.5 Å². The molecule has 2 aromatic rings. The zero-order valence-corrected chi connectivity index (χ0v) is 12.1. The number of sulfonamides is 1. The minimum atomic E-state index is -3.78. The van der Waals surface area contributed by atoms with Gasteiger partial charge in [-0.05, 0) is 19.9 Å². The zero-order valence-electron chi connectivity index (χ0n) is 10.5. The number of nitrogens with one attached hydrogen (secondary N) is 1. The maximum absolute atomic E-state index is 11.5. The van der Waals surface area contributed by atoms with Crippen molar-refractivity contribution in [3.05, 3.63) is 24.3 Å². The van der Waals surface area contributed by atoms with Crippen LogP contribution in [0.3, 0.4) is 0 Å². The molecule has 0 saturated carbocycles. The van der Waals surface area contributed by atoms with Crippen LogP contribution in [0, 0.1) is 0 Å². The second kappa shape index (κ2) is 5.24. The molecular formula is C11H14N4O2S2. The molecular weight excluding hydrogens is 284 g/mol. The second-order valence-corrected chi connectivity index (χ2v) is 6.76. The predicted molar refractivity (Wildman–Crippen MR) is 75.5 cm³/mol. The Labute approximate surface area is 115 Å². The predicted octanol–water partition coefficient (Wildman–Crippen LogP) is 1.67. The Morgan fingerprint density at radius 1 is 1.26 bits per heavy atom. The molecule has 1 aromatic carbocycles. The summed E-state index contributed by atoms with van der Waals surface area (Å²) in [5.41, 5.74) is 0.472. The summed E-state index contributed by atoms with van der Waals surface area (Å²) in [6.45, 7) is 3.97. The van der Waals surface area contributed by atoms with Gasteiger partial charge in [0.25, 0.3) is 0 Å². The molecule has 1 aromatic heterocycles. The maximum atomic E-state index is 11.5. The molecule has 0 spiro atoms. The molecule has 0 bridgehead atoms. The molecule has 0 aliphatic heterocycles. The van der Waals surface area contributed by atoms with E-state index in [1.165, 1.54) is 17.4 Å². The molecule has 3 N–H and O–H groups in total. The topological polar surface area (TPSA) is 98.0 Å². The monoisotopic (exact) mass is 298 g/mol. The van der Waals surface area contributed by atoms with Gasteiger partial charge in [0.1, 0.15) is 0 Å². The lowest BCUT2D eigenvalue weighted by molar-refractivity contribution is 0.598. The highest BCUT2D eigenvalue weighted by atomic mass is 32.2. The highest BCUT2D eigenvalue weighted by Crippen LogP contribution is 2.30. The summed E-state index contributed by atoms with van der Waals surface area (Å²) < 4.78 is 23.1. The van der Waals surface area contributed by atoms with Crippen molar-refractivity contribution in [1.29, 1.82) is 0 Å². The Kier molecular flexibility index (Phi) is 3.83. The SMILES string of the molecule is CC(C)Nc1nnc(-c2ccccc2S(N)(=O)=O)s1. The summed E-state index contributed by atoms with van der Waals surface area (Å²) >= 11 is 1.29. The summed E-state index contributed by atoms with van der Waals surface area (Å²) in [5, 5.41) is 17.5. The van der Waals surface area contributed by atoms with Crippen LogP contribution in [0.15, 0.2) is 29.2 Å². The first-order valence-corrected chi connectivity index (χ1v) is 7.96. The average molecular weight is 298 g/mol. The van der Waals surface area contributed by atoms with E-state index in [0.29, 0.717) is 15.7 Å². The fraction of sp³-hybridized carbons (Fsp3) is 0.273. The van der Waals surface area contributed by atoms with Crippen molar-refractivity contribution >= 4 is 26.5 Å². The van der Waals surface area contributed by atoms with Gasteiger partial charge in [-0.3, -0.25) is 0 Å². The van der Waals surface area contributed by atoms with Gasteiger partial charge in [0, 0.05) is 11.6 Å². The fourth-order valence-corrected chi connectivity index (χ4v) is 3.26. The first-order valence-electron chi connectivity index (χ1n) is 5.60. The van der Waals surface area contributed by atoms with Gasteiger partial charge < -0.3 is 5.32 Å². The van der Waals surface area contributed by atoms with Crippen molar-refractivity contribution in [1.82, 2.24) is 10.2 Å². The zero-order chi connectivity index (χ0) is 14.0. The van der Waals surface area contributed by atoms with E-state index in [-0.39, 0.29) is 10.9 Å². The number of rotatable bonds is 4. The third kappa shape index (κ3) is 3.28. The minimum Gasteiger partial charge on any atom is -0.358 e. The molecule has 0 unspecified atom stereocenters. The van der Waals surface area contributed by atoms with Crippen molar-refractivity contribution in [2.75, 3.05) is 5.32 Å². The van der Waals surface area contributed by atoms with Crippen LogP contribution < -0.4 is 10.5 Å². The number of benzene rings is 1. The van der Waals surface area contributed by atoms with Crippen LogP contribution in [0.1, 0.15) is 13.8 Å². The van der Waals surface area contributed by atoms with Crippen molar-refractivity contribution in [2.24, 2.45) is 5.14 Å². The number of primary sulfonamides is 1. The molecule has 0 radical (unpaired) electrons. The number of nitrogens with zero attached hydrogens (tertiary/aromatic N) is 2. The van der Waals surface area contributed by atoms with Crippen LogP contribution in [0.2, 0.25) is 0 Å². The summed E-state index contributed by atoms with van der Waals surface area (Å²) in [7, 11) is -3.78. The first-order chi connectivity index (χ1) is 8.88. The number of aromatic nitrogens is 2. The van der Waals surface area contributed by atoms with E-state index in [4.69, 9.17) is 5.14 Å². The van der Waals surface area contributed by atoms with Crippen LogP contribution in [-0.4, -0.2) is 24.7 Å². The number of anilines is 1. The van der Waals surface area contributed by atoms with Gasteiger partial charge >= 0.3 is 0 Å². The van der Waals surface area contributed by atoms with Crippen molar-refractivity contribution in [3.63, 3.8) is 0 Å². The molecule has 19 heavy (non-hydrogen) atoms. The summed E-state index contributed by atoms with van der Waals surface area (Å²) in [6.07, 6.45) is 0. The van der Waals surface area contributed by atoms with Gasteiger partial charge in [0.15, 0.2) is 5.01 Å². The third-order valence-electron chi connectivity index (χ3n) is 2.26. The molecule has 8 heteroatoms. The Morgan fingerprint density at radius 3 is 2.58 bits per heavy atom. The molecule has 2 rings (SSSR count). The molecule has 0 atom stereocenters. The van der Waals surface area contributed by atoms with Gasteiger partial charge in [-0.15, -0.1) is 10.2 Å². The van der Waals surface area contributed by atoms with Crippen LogP contribution in [0.4, 0.5) is 5.13 Å². The molecule has 0 fully saturated rings. The Balaban J connectivity index is 2.45. The quantitative estimate of drug-likeness (QED) is 0.894. The van der Waals surface area contributed by atoms with E-state index in [1.807, 2.05) is 13.8 Å². The molecule has 0 aliphatic rings. The number of hydrogen-bond donors (Lipinski definition) is 2. The van der Waals surface area contributed by atoms with E-state index < -0.39 is 10.0 Å². The van der Waals surface area contributed by atoms with Crippen molar-refractivity contribution in [3.8, 4) is 10.6 Å². The lowest BCUT2D eigenvalue weighted by Crippen LogP contribution is -2.13. The highest BCUT2D eigenvalue weighted by Gasteiger charge is 2.17. The van der Waals surface area contributed by atoms with Crippen LogP contribution in [-0.2, 0) is 10.0 Å². The van der Waals surface area contributed by atoms with Crippen LogP contribution in [0.5, 0.6) is 0 Å². The molecule has 0 aliphatic carbocycles. The maximum Gasteiger partial charge on any atom is 0.238 e.